The maximum Gasteiger partial charge on any atom is 0.225 e. The predicted octanol–water partition coefficient (Wildman–Crippen LogP) is 7.24. The number of methoxy groups -OCH3 is 1. The normalized spacial score (nSPS) is 37.4. The Morgan fingerprint density at radius 3 is 2.40 bits per heavy atom. The molecule has 9 heteroatoms. The van der Waals surface area contributed by atoms with Gasteiger partial charge in [0.15, 0.2) is 5.79 Å². The van der Waals surface area contributed by atoms with Crippen LogP contribution in [0.4, 0.5) is 0 Å². The van der Waals surface area contributed by atoms with E-state index in [1.807, 2.05) is 78.8 Å². The zero-order valence-corrected chi connectivity index (χ0v) is 34.7. The third-order valence-corrected chi connectivity index (χ3v) is 13.2. The van der Waals surface area contributed by atoms with E-state index < -0.39 is 35.9 Å². The van der Waals surface area contributed by atoms with E-state index in [-0.39, 0.29) is 53.6 Å². The first-order valence-corrected chi connectivity index (χ1v) is 20.5. The minimum absolute atomic E-state index is 0.0118. The van der Waals surface area contributed by atoms with E-state index in [2.05, 4.69) is 32.2 Å². The van der Waals surface area contributed by atoms with Gasteiger partial charge in [-0.05, 0) is 75.7 Å². The van der Waals surface area contributed by atoms with E-state index in [4.69, 9.17) is 14.2 Å². The van der Waals surface area contributed by atoms with E-state index in [1.165, 1.54) is 0 Å². The molecule has 0 radical (unpaired) electrons. The van der Waals surface area contributed by atoms with Crippen molar-refractivity contribution < 1.29 is 39.4 Å². The van der Waals surface area contributed by atoms with Crippen LogP contribution in [-0.4, -0.2) is 81.6 Å². The Hall–Kier alpha value is -1.85. The second kappa shape index (κ2) is 20.4. The summed E-state index contributed by atoms with van der Waals surface area (Å²) < 4.78 is 18.7. The van der Waals surface area contributed by atoms with E-state index in [0.29, 0.717) is 24.7 Å². The number of piperidine rings is 1. The first kappa shape index (κ1) is 45.5. The molecule has 3 rings (SSSR count). The number of amides is 1. The topological polar surface area (TPSA) is 138 Å². The minimum Gasteiger partial charge on any atom is -0.393 e. The third-order valence-electron chi connectivity index (χ3n) is 13.2. The van der Waals surface area contributed by atoms with Gasteiger partial charge in [0.25, 0.3) is 0 Å². The number of carbonyl (C=O) groups excluding carboxylic acids is 1. The van der Waals surface area contributed by atoms with E-state index in [1.54, 1.807) is 13.2 Å². The largest absolute Gasteiger partial charge is 0.393 e. The fraction of sp³-hybridized carbons (Fsp3) is 0.795. The van der Waals surface area contributed by atoms with Crippen molar-refractivity contribution in [1.29, 1.82) is 0 Å². The third kappa shape index (κ3) is 11.6. The molecule has 0 aromatic heterocycles. The summed E-state index contributed by atoms with van der Waals surface area (Å²) in [6, 6.07) is 0. The van der Waals surface area contributed by atoms with Gasteiger partial charge in [0.2, 0.25) is 5.91 Å². The molecule has 1 amide bonds. The Morgan fingerprint density at radius 1 is 1.06 bits per heavy atom. The summed E-state index contributed by atoms with van der Waals surface area (Å²) in [6.07, 6.45) is 16.0. The molecule has 5 N–H and O–H groups in total. The molecule has 0 aliphatic carbocycles. The molecule has 9 nitrogen and oxygen atoms in total. The minimum atomic E-state index is -0.928. The average molecular weight is 746 g/mol. The number of allylic oxidation sites excluding steroid dienone is 5. The average Bonchev–Trinajstić information content (AvgIpc) is 3.12. The smallest absolute Gasteiger partial charge is 0.225 e. The predicted molar refractivity (Wildman–Crippen MR) is 211 cm³/mol. The molecule has 3 aliphatic heterocycles. The number of ether oxygens (including phenoxy) is 3. The highest BCUT2D eigenvalue weighted by Gasteiger charge is 2.57. The van der Waals surface area contributed by atoms with Crippen molar-refractivity contribution in [2.24, 2.45) is 47.3 Å². The van der Waals surface area contributed by atoms with Crippen LogP contribution in [0.25, 0.3) is 0 Å². The quantitative estimate of drug-likeness (QED) is 0.0984. The van der Waals surface area contributed by atoms with Gasteiger partial charge < -0.3 is 40.0 Å². The fourth-order valence-electron chi connectivity index (χ4n) is 8.70. The van der Waals surface area contributed by atoms with Gasteiger partial charge in [-0.3, -0.25) is 4.79 Å². The van der Waals surface area contributed by atoms with Gasteiger partial charge >= 0.3 is 0 Å². The second-order valence-electron chi connectivity index (χ2n) is 17.3. The highest BCUT2D eigenvalue weighted by atomic mass is 16.7. The number of hydrogen-bond donors (Lipinski definition) is 5. The van der Waals surface area contributed by atoms with Crippen LogP contribution in [0.3, 0.4) is 0 Å². The first-order chi connectivity index (χ1) is 24.9. The maximum absolute atomic E-state index is 12.9. The molecule has 3 heterocycles. The number of aliphatic hydroxyl groups is 4. The molecule has 0 bridgehead atoms. The summed E-state index contributed by atoms with van der Waals surface area (Å²) >= 11 is 0. The molecule has 304 valence electrons. The summed E-state index contributed by atoms with van der Waals surface area (Å²) in [7, 11) is 1.68. The summed E-state index contributed by atoms with van der Waals surface area (Å²) in [6.45, 7) is 20.4. The molecule has 0 saturated carbocycles. The lowest BCUT2D eigenvalue weighted by Crippen LogP contribution is -2.71. The van der Waals surface area contributed by atoms with Gasteiger partial charge in [-0.2, -0.15) is 0 Å². The van der Waals surface area contributed by atoms with E-state index in [9.17, 15) is 25.2 Å². The molecule has 1 spiro atoms. The van der Waals surface area contributed by atoms with Gasteiger partial charge in [-0.25, -0.2) is 0 Å². The van der Waals surface area contributed by atoms with E-state index in [0.717, 1.165) is 44.1 Å². The number of carbonyl (C=O) groups is 1. The Morgan fingerprint density at radius 2 is 1.75 bits per heavy atom. The molecule has 53 heavy (non-hydrogen) atoms. The van der Waals surface area contributed by atoms with Gasteiger partial charge in [0.05, 0.1) is 36.6 Å². The SMILES string of the molecule is CCC1CC(C)C2(NC1=O)OC(CC(O)C(C)CC/C=C/C=C(\C)C(O)C/C=C/C=C/C(O)C(C)C1OC(C)(OC)CCC1C(C)C)C(C)C(O)C2C. The lowest BCUT2D eigenvalue weighted by molar-refractivity contribution is -0.286. The Balaban J connectivity index is 1.44. The molecular weight excluding hydrogens is 670 g/mol. The number of nitrogens with one attached hydrogen (secondary N) is 1. The van der Waals surface area contributed by atoms with Crippen molar-refractivity contribution in [1.82, 2.24) is 5.32 Å². The highest BCUT2D eigenvalue weighted by Crippen LogP contribution is 2.46. The van der Waals surface area contributed by atoms with Gasteiger partial charge in [0, 0.05) is 49.5 Å². The van der Waals surface area contributed by atoms with Crippen molar-refractivity contribution in [3.63, 3.8) is 0 Å². The van der Waals surface area contributed by atoms with Crippen molar-refractivity contribution in [3.05, 3.63) is 48.1 Å². The Kier molecular flexibility index (Phi) is 17.5. The summed E-state index contributed by atoms with van der Waals surface area (Å²) in [4.78, 5) is 12.9. The summed E-state index contributed by atoms with van der Waals surface area (Å²) in [5, 5.41) is 47.2. The summed E-state index contributed by atoms with van der Waals surface area (Å²) in [5.41, 5.74) is -0.0744. The fourth-order valence-corrected chi connectivity index (χ4v) is 8.70. The van der Waals surface area contributed by atoms with Crippen LogP contribution < -0.4 is 5.32 Å². The van der Waals surface area contributed by atoms with Crippen molar-refractivity contribution in [2.45, 2.75) is 169 Å². The molecule has 0 aromatic rings. The molecular formula is C44H75NO8. The molecule has 3 saturated heterocycles. The number of hydrogen-bond acceptors (Lipinski definition) is 8. The molecule has 15 atom stereocenters. The van der Waals surface area contributed by atoms with E-state index >= 15 is 0 Å². The number of rotatable bonds is 17. The number of aliphatic hydroxyl groups excluding tert-OH is 4. The Bertz CT molecular complexity index is 1260. The van der Waals surface area contributed by atoms with Crippen molar-refractivity contribution in [2.75, 3.05) is 7.11 Å². The Labute approximate surface area is 321 Å². The maximum atomic E-state index is 12.9. The molecule has 3 fully saturated rings. The van der Waals surface area contributed by atoms with Crippen molar-refractivity contribution in [3.8, 4) is 0 Å². The standard InChI is InChI=1S/C44H75NO8/c1-12-34-25-30(6)44(45-42(34)50)33(9)40(49)32(8)39(52-44)26-38(48)29(5)20-16-13-15-19-28(4)36(46)21-17-14-18-22-37(47)31(7)41-35(27(2)3)23-24-43(10,51-11)53-41/h13-15,17-19,22,27,29-41,46-49H,12,16,20-21,23-26H2,1-11H3,(H,45,50)/b15-13+,17-14+,22-18+,28-19+. The molecule has 0 aromatic carbocycles. The lowest BCUT2D eigenvalue weighted by Gasteiger charge is -2.56. The van der Waals surface area contributed by atoms with Crippen LogP contribution in [0.1, 0.15) is 121 Å². The monoisotopic (exact) mass is 746 g/mol. The van der Waals surface area contributed by atoms with Crippen LogP contribution in [0.5, 0.6) is 0 Å². The lowest BCUT2D eigenvalue weighted by atomic mass is 9.69. The van der Waals surface area contributed by atoms with Crippen molar-refractivity contribution >= 4 is 5.91 Å². The summed E-state index contributed by atoms with van der Waals surface area (Å²) in [5.74, 6) is -0.341. The van der Waals surface area contributed by atoms with Crippen LogP contribution >= 0.6 is 0 Å². The van der Waals surface area contributed by atoms with Gasteiger partial charge in [-0.1, -0.05) is 97.9 Å². The highest BCUT2D eigenvalue weighted by molar-refractivity contribution is 5.80. The molecule has 15 unspecified atom stereocenters. The van der Waals surface area contributed by atoms with Crippen LogP contribution in [-0.2, 0) is 19.0 Å². The zero-order chi connectivity index (χ0) is 39.7. The van der Waals surface area contributed by atoms with Crippen LogP contribution in [0.15, 0.2) is 48.1 Å². The first-order valence-electron chi connectivity index (χ1n) is 20.5. The van der Waals surface area contributed by atoms with Gasteiger partial charge in [-0.15, -0.1) is 0 Å². The van der Waals surface area contributed by atoms with Gasteiger partial charge in [0.1, 0.15) is 5.72 Å². The van der Waals surface area contributed by atoms with Crippen LogP contribution in [0, 0.1) is 47.3 Å². The zero-order valence-electron chi connectivity index (χ0n) is 34.7. The van der Waals surface area contributed by atoms with Crippen LogP contribution in [0.2, 0.25) is 0 Å². The molecule has 3 aliphatic rings. The second-order valence-corrected chi connectivity index (χ2v) is 17.3.